The van der Waals surface area contributed by atoms with E-state index in [9.17, 15) is 5.11 Å². The van der Waals surface area contributed by atoms with Gasteiger partial charge in [-0.3, -0.25) is 0 Å². The fraction of sp³-hybridized carbons (Fsp3) is 0.810. The van der Waals surface area contributed by atoms with Crippen molar-refractivity contribution in [3.8, 4) is 0 Å². The normalized spacial score (nSPS) is 29.4. The van der Waals surface area contributed by atoms with Crippen LogP contribution in [0.25, 0.3) is 0 Å². The summed E-state index contributed by atoms with van der Waals surface area (Å²) in [6.45, 7) is 19.6. The molecule has 1 fully saturated rings. The van der Waals surface area contributed by atoms with E-state index in [1.165, 1.54) is 0 Å². The van der Waals surface area contributed by atoms with Crippen LogP contribution in [-0.4, -0.2) is 32.0 Å². The molecule has 25 heavy (non-hydrogen) atoms. The van der Waals surface area contributed by atoms with Gasteiger partial charge >= 0.3 is 8.56 Å². The third kappa shape index (κ3) is 5.06. The Hall–Kier alpha value is -0.423. The lowest BCUT2D eigenvalue weighted by molar-refractivity contribution is -0.0645. The smallest absolute Gasteiger partial charge is 0.350 e. The molecule has 3 nitrogen and oxygen atoms in total. The summed E-state index contributed by atoms with van der Waals surface area (Å²) >= 11 is 0. The van der Waals surface area contributed by atoms with Crippen LogP contribution in [0.3, 0.4) is 0 Å². The van der Waals surface area contributed by atoms with Gasteiger partial charge in [0.1, 0.15) is 0 Å². The van der Waals surface area contributed by atoms with Gasteiger partial charge in [-0.1, -0.05) is 79.7 Å². The summed E-state index contributed by atoms with van der Waals surface area (Å²) in [7, 11) is -2.58. The van der Waals surface area contributed by atoms with E-state index in [0.29, 0.717) is 6.42 Å². The van der Waals surface area contributed by atoms with Crippen LogP contribution in [0.1, 0.15) is 75.2 Å². The minimum atomic E-state index is -2.58. The fourth-order valence-electron chi connectivity index (χ4n) is 3.89. The second kappa shape index (κ2) is 8.51. The Morgan fingerprint density at radius 3 is 2.04 bits per heavy atom. The molecule has 1 aliphatic heterocycles. The number of aliphatic hydroxyl groups excluding tert-OH is 1. The molecule has 0 bridgehead atoms. The summed E-state index contributed by atoms with van der Waals surface area (Å²) in [5.74, 6) is 0.216. The van der Waals surface area contributed by atoms with E-state index in [4.69, 9.17) is 8.85 Å². The van der Waals surface area contributed by atoms with Crippen molar-refractivity contribution in [2.24, 2.45) is 5.92 Å². The Bertz CT molecular complexity index is 457. The molecule has 0 aliphatic carbocycles. The van der Waals surface area contributed by atoms with E-state index in [0.717, 1.165) is 6.42 Å². The largest absolute Gasteiger partial charge is 0.393 e. The van der Waals surface area contributed by atoms with Gasteiger partial charge in [-0.15, -0.1) is 0 Å². The van der Waals surface area contributed by atoms with Gasteiger partial charge in [-0.05, 0) is 19.8 Å². The Morgan fingerprint density at radius 1 is 1.04 bits per heavy atom. The number of aliphatic hydroxyl groups is 1. The van der Waals surface area contributed by atoms with Crippen LogP contribution < -0.4 is 0 Å². The van der Waals surface area contributed by atoms with Crippen LogP contribution >= 0.6 is 0 Å². The van der Waals surface area contributed by atoms with Crippen molar-refractivity contribution in [3.63, 3.8) is 0 Å². The summed E-state index contributed by atoms with van der Waals surface area (Å²) in [6, 6.07) is 0. The molecule has 1 aliphatic rings. The van der Waals surface area contributed by atoms with Gasteiger partial charge in [0.2, 0.25) is 0 Å². The van der Waals surface area contributed by atoms with Crippen molar-refractivity contribution in [2.45, 2.75) is 104 Å². The van der Waals surface area contributed by atoms with Crippen LogP contribution in [0.5, 0.6) is 0 Å². The third-order valence-corrected chi connectivity index (χ3v) is 10.5. The predicted octanol–water partition coefficient (Wildman–Crippen LogP) is 5.74. The fourth-order valence-corrected chi connectivity index (χ4v) is 9.02. The Kier molecular flexibility index (Phi) is 7.70. The summed E-state index contributed by atoms with van der Waals surface area (Å²) in [5.41, 5.74) is 0. The van der Waals surface area contributed by atoms with Crippen molar-refractivity contribution >= 4 is 8.56 Å². The molecular weight excluding hydrogens is 328 g/mol. The molecule has 1 saturated heterocycles. The lowest BCUT2D eigenvalue weighted by atomic mass is 9.93. The maximum atomic E-state index is 10.3. The zero-order valence-corrected chi connectivity index (χ0v) is 18.8. The van der Waals surface area contributed by atoms with Gasteiger partial charge in [0.05, 0.1) is 18.3 Å². The van der Waals surface area contributed by atoms with Crippen molar-refractivity contribution in [1.82, 2.24) is 0 Å². The Labute approximate surface area is 156 Å². The quantitative estimate of drug-likeness (QED) is 0.496. The number of allylic oxidation sites excluding steroid dienone is 3. The zero-order valence-electron chi connectivity index (χ0n) is 17.8. The van der Waals surface area contributed by atoms with Crippen LogP contribution in [0.15, 0.2) is 24.3 Å². The molecule has 146 valence electrons. The average Bonchev–Trinajstić information content (AvgIpc) is 2.48. The Balaban J connectivity index is 3.33. The van der Waals surface area contributed by atoms with E-state index < -0.39 is 8.56 Å². The summed E-state index contributed by atoms with van der Waals surface area (Å²) < 4.78 is 13.7. The number of rotatable bonds is 5. The second-order valence-corrected chi connectivity index (χ2v) is 14.1. The van der Waals surface area contributed by atoms with E-state index in [-0.39, 0.29) is 34.3 Å². The standard InChI is InChI=1S/C21H40O3Si/c1-10-12-13-14-18-16(3)19(15-17(22)11-2)24-25(23-18,20(4,5)6)21(7,8)9/h10,12-14,16-19,22H,11,15H2,1-9H3/b12-10+,14-13+/t16-,17?,18-,19-/m1/s1. The molecule has 1 unspecified atom stereocenters. The van der Waals surface area contributed by atoms with Gasteiger partial charge in [0.15, 0.2) is 0 Å². The van der Waals surface area contributed by atoms with Gasteiger partial charge in [0, 0.05) is 16.0 Å². The SMILES string of the molecule is C/C=C/C=C/[C@H]1O[Si](C(C)(C)C)(C(C)(C)C)O[C@H](CC(O)CC)[C@@H]1C. The monoisotopic (exact) mass is 368 g/mol. The summed E-state index contributed by atoms with van der Waals surface area (Å²) in [4.78, 5) is 0. The van der Waals surface area contributed by atoms with Crippen molar-refractivity contribution in [1.29, 1.82) is 0 Å². The minimum Gasteiger partial charge on any atom is -0.393 e. The van der Waals surface area contributed by atoms with Gasteiger partial charge in [-0.2, -0.15) is 0 Å². The maximum absolute atomic E-state index is 10.3. The highest BCUT2D eigenvalue weighted by molar-refractivity contribution is 6.73. The van der Waals surface area contributed by atoms with Crippen LogP contribution in [0.4, 0.5) is 0 Å². The van der Waals surface area contributed by atoms with E-state index >= 15 is 0 Å². The molecule has 1 heterocycles. The first-order valence-electron chi connectivity index (χ1n) is 9.72. The first-order chi connectivity index (χ1) is 11.4. The highest BCUT2D eigenvalue weighted by atomic mass is 28.4. The van der Waals surface area contributed by atoms with Crippen LogP contribution in [-0.2, 0) is 8.85 Å². The Morgan fingerprint density at radius 2 is 1.60 bits per heavy atom. The molecule has 0 radical (unpaired) electrons. The molecule has 0 aromatic heterocycles. The number of hydrogen-bond acceptors (Lipinski definition) is 3. The van der Waals surface area contributed by atoms with Gasteiger partial charge in [0.25, 0.3) is 0 Å². The highest BCUT2D eigenvalue weighted by Gasteiger charge is 2.63. The van der Waals surface area contributed by atoms with Crippen LogP contribution in [0, 0.1) is 5.92 Å². The average molecular weight is 369 g/mol. The lowest BCUT2D eigenvalue weighted by Gasteiger charge is -2.56. The highest BCUT2D eigenvalue weighted by Crippen LogP contribution is 2.56. The van der Waals surface area contributed by atoms with Crippen molar-refractivity contribution in [2.75, 3.05) is 0 Å². The molecule has 1 N–H and O–H groups in total. The van der Waals surface area contributed by atoms with Crippen molar-refractivity contribution < 1.29 is 14.0 Å². The molecule has 1 rings (SSSR count). The lowest BCUT2D eigenvalue weighted by Crippen LogP contribution is -2.65. The van der Waals surface area contributed by atoms with E-state index in [1.807, 2.05) is 26.0 Å². The minimum absolute atomic E-state index is 0.0177. The van der Waals surface area contributed by atoms with Gasteiger partial charge in [-0.25, -0.2) is 0 Å². The molecule has 0 spiro atoms. The summed E-state index contributed by atoms with van der Waals surface area (Å²) in [5, 5.41) is 10.1. The molecule has 0 aromatic carbocycles. The molecule has 4 heteroatoms. The van der Waals surface area contributed by atoms with Crippen LogP contribution in [0.2, 0.25) is 10.1 Å². The van der Waals surface area contributed by atoms with E-state index in [2.05, 4.69) is 60.6 Å². The van der Waals surface area contributed by atoms with Crippen molar-refractivity contribution in [3.05, 3.63) is 24.3 Å². The molecular formula is C21H40O3Si. The van der Waals surface area contributed by atoms with E-state index in [1.54, 1.807) is 0 Å². The topological polar surface area (TPSA) is 38.7 Å². The molecule has 0 saturated carbocycles. The third-order valence-electron chi connectivity index (χ3n) is 5.28. The number of hydrogen-bond donors (Lipinski definition) is 1. The zero-order chi connectivity index (χ0) is 19.5. The molecule has 0 aromatic rings. The summed E-state index contributed by atoms with van der Waals surface area (Å²) in [6.07, 6.45) is 9.45. The first-order valence-corrected chi connectivity index (χ1v) is 11.5. The predicted molar refractivity (Wildman–Crippen MR) is 109 cm³/mol. The molecule has 0 amide bonds. The first kappa shape index (κ1) is 22.6. The maximum Gasteiger partial charge on any atom is 0.350 e. The second-order valence-electron chi connectivity index (χ2n) is 9.42. The molecule has 4 atom stereocenters. The van der Waals surface area contributed by atoms with Gasteiger partial charge < -0.3 is 14.0 Å².